The first-order chi connectivity index (χ1) is 9.11. The fourth-order valence-corrected chi connectivity index (χ4v) is 3.43. The van der Waals surface area contributed by atoms with Gasteiger partial charge in [0.25, 0.3) is 0 Å². The standard InChI is InChI=1S/C15H24BrN3/c1-18(2)13-6-9-19(10-7-13)15-4-3-12(5-8-17)11-14(15)16/h3-4,11,13H,5-10,17H2,1-2H3. The van der Waals surface area contributed by atoms with Crippen LogP contribution in [0.15, 0.2) is 22.7 Å². The Hall–Kier alpha value is -0.580. The van der Waals surface area contributed by atoms with E-state index >= 15 is 0 Å². The Labute approximate surface area is 124 Å². The highest BCUT2D eigenvalue weighted by atomic mass is 79.9. The van der Waals surface area contributed by atoms with E-state index in [0.29, 0.717) is 6.54 Å². The van der Waals surface area contributed by atoms with E-state index in [1.807, 2.05) is 0 Å². The summed E-state index contributed by atoms with van der Waals surface area (Å²) < 4.78 is 1.20. The maximum atomic E-state index is 5.60. The summed E-state index contributed by atoms with van der Waals surface area (Å²) in [6.45, 7) is 2.98. The zero-order valence-corrected chi connectivity index (χ0v) is 13.5. The summed E-state index contributed by atoms with van der Waals surface area (Å²) in [4.78, 5) is 4.83. The molecule has 0 unspecified atom stereocenters. The monoisotopic (exact) mass is 325 g/mol. The molecule has 0 saturated carbocycles. The van der Waals surface area contributed by atoms with Gasteiger partial charge in [0.05, 0.1) is 5.69 Å². The molecule has 0 spiro atoms. The van der Waals surface area contributed by atoms with Gasteiger partial charge in [0.15, 0.2) is 0 Å². The quantitative estimate of drug-likeness (QED) is 0.923. The molecule has 4 heteroatoms. The smallest absolute Gasteiger partial charge is 0.0510 e. The highest BCUT2D eigenvalue weighted by Gasteiger charge is 2.21. The van der Waals surface area contributed by atoms with Gasteiger partial charge in [-0.2, -0.15) is 0 Å². The molecule has 2 rings (SSSR count). The second kappa shape index (κ2) is 6.73. The molecule has 0 amide bonds. The maximum absolute atomic E-state index is 5.60. The van der Waals surface area contributed by atoms with Gasteiger partial charge in [0, 0.05) is 23.6 Å². The molecular formula is C15H24BrN3. The van der Waals surface area contributed by atoms with E-state index in [2.05, 4.69) is 58.0 Å². The summed E-state index contributed by atoms with van der Waals surface area (Å²) in [7, 11) is 4.36. The first kappa shape index (κ1) is 14.8. The number of nitrogens with zero attached hydrogens (tertiary/aromatic N) is 2. The average molecular weight is 326 g/mol. The summed E-state index contributed by atoms with van der Waals surface area (Å²) in [6.07, 6.45) is 3.43. The molecule has 1 aromatic carbocycles. The van der Waals surface area contributed by atoms with Crippen molar-refractivity contribution in [2.75, 3.05) is 38.6 Å². The van der Waals surface area contributed by atoms with Crippen LogP contribution in [0.25, 0.3) is 0 Å². The van der Waals surface area contributed by atoms with Crippen LogP contribution in [0, 0.1) is 0 Å². The molecule has 106 valence electrons. The number of benzene rings is 1. The van der Waals surface area contributed by atoms with Crippen LogP contribution in [-0.2, 0) is 6.42 Å². The first-order valence-electron chi connectivity index (χ1n) is 7.01. The largest absolute Gasteiger partial charge is 0.371 e. The minimum absolute atomic E-state index is 0.708. The van der Waals surface area contributed by atoms with Crippen molar-refractivity contribution in [3.63, 3.8) is 0 Å². The lowest BCUT2D eigenvalue weighted by Crippen LogP contribution is -2.42. The van der Waals surface area contributed by atoms with E-state index in [0.717, 1.165) is 25.6 Å². The van der Waals surface area contributed by atoms with Crippen molar-refractivity contribution >= 4 is 21.6 Å². The van der Waals surface area contributed by atoms with Crippen LogP contribution in [0.3, 0.4) is 0 Å². The van der Waals surface area contributed by atoms with Crippen molar-refractivity contribution in [3.05, 3.63) is 28.2 Å². The third kappa shape index (κ3) is 3.71. The van der Waals surface area contributed by atoms with Crippen LogP contribution in [0.4, 0.5) is 5.69 Å². The van der Waals surface area contributed by atoms with Crippen LogP contribution in [-0.4, -0.2) is 44.7 Å². The highest BCUT2D eigenvalue weighted by molar-refractivity contribution is 9.10. The van der Waals surface area contributed by atoms with Gasteiger partial charge in [-0.15, -0.1) is 0 Å². The summed E-state index contributed by atoms with van der Waals surface area (Å²) in [5, 5.41) is 0. The third-order valence-corrected chi connectivity index (χ3v) is 4.62. The van der Waals surface area contributed by atoms with Gasteiger partial charge in [-0.05, 0) is 73.5 Å². The number of rotatable bonds is 4. The Morgan fingerprint density at radius 2 is 2.00 bits per heavy atom. The van der Waals surface area contributed by atoms with Crippen molar-refractivity contribution in [1.82, 2.24) is 4.90 Å². The fourth-order valence-electron chi connectivity index (χ4n) is 2.75. The molecule has 1 fully saturated rings. The summed E-state index contributed by atoms with van der Waals surface area (Å²) in [6, 6.07) is 7.36. The molecule has 1 saturated heterocycles. The number of hydrogen-bond acceptors (Lipinski definition) is 3. The third-order valence-electron chi connectivity index (χ3n) is 3.98. The Morgan fingerprint density at radius 3 is 2.53 bits per heavy atom. The second-order valence-corrected chi connectivity index (χ2v) is 6.36. The Morgan fingerprint density at radius 1 is 1.32 bits per heavy atom. The van der Waals surface area contributed by atoms with Crippen LogP contribution in [0.2, 0.25) is 0 Å². The number of piperidine rings is 1. The Balaban J connectivity index is 2.03. The molecule has 1 aliphatic heterocycles. The first-order valence-corrected chi connectivity index (χ1v) is 7.81. The van der Waals surface area contributed by atoms with E-state index < -0.39 is 0 Å². The van der Waals surface area contributed by atoms with Crippen molar-refractivity contribution < 1.29 is 0 Å². The molecule has 0 aromatic heterocycles. The van der Waals surface area contributed by atoms with Gasteiger partial charge in [-0.3, -0.25) is 0 Å². The van der Waals surface area contributed by atoms with Crippen LogP contribution in [0.5, 0.6) is 0 Å². The van der Waals surface area contributed by atoms with Crippen LogP contribution < -0.4 is 10.6 Å². The van der Waals surface area contributed by atoms with Crippen molar-refractivity contribution in [3.8, 4) is 0 Å². The van der Waals surface area contributed by atoms with E-state index in [1.54, 1.807) is 0 Å². The number of anilines is 1. The predicted molar refractivity (Wildman–Crippen MR) is 85.8 cm³/mol. The lowest BCUT2D eigenvalue weighted by molar-refractivity contribution is 0.249. The molecule has 0 bridgehead atoms. The van der Waals surface area contributed by atoms with Gasteiger partial charge in [-0.25, -0.2) is 0 Å². The zero-order valence-electron chi connectivity index (χ0n) is 11.9. The molecule has 1 aromatic rings. The SMILES string of the molecule is CN(C)C1CCN(c2ccc(CCN)cc2Br)CC1. The highest BCUT2D eigenvalue weighted by Crippen LogP contribution is 2.30. The van der Waals surface area contributed by atoms with Gasteiger partial charge < -0.3 is 15.5 Å². The molecule has 2 N–H and O–H groups in total. The predicted octanol–water partition coefficient (Wildman–Crippen LogP) is 2.48. The topological polar surface area (TPSA) is 32.5 Å². The molecule has 1 aliphatic rings. The molecule has 1 heterocycles. The van der Waals surface area contributed by atoms with E-state index in [-0.39, 0.29) is 0 Å². The van der Waals surface area contributed by atoms with Crippen molar-refractivity contribution in [1.29, 1.82) is 0 Å². The summed E-state index contributed by atoms with van der Waals surface area (Å²) in [5.74, 6) is 0. The van der Waals surface area contributed by atoms with Crippen molar-refractivity contribution in [2.24, 2.45) is 5.73 Å². The van der Waals surface area contributed by atoms with Gasteiger partial charge in [-0.1, -0.05) is 6.07 Å². The zero-order chi connectivity index (χ0) is 13.8. The van der Waals surface area contributed by atoms with Crippen LogP contribution >= 0.6 is 15.9 Å². The maximum Gasteiger partial charge on any atom is 0.0510 e. The molecule has 0 radical (unpaired) electrons. The second-order valence-electron chi connectivity index (χ2n) is 5.51. The molecule has 0 atom stereocenters. The molecule has 19 heavy (non-hydrogen) atoms. The average Bonchev–Trinajstić information content (AvgIpc) is 2.39. The molecule has 0 aliphatic carbocycles. The summed E-state index contributed by atoms with van der Waals surface area (Å²) in [5.41, 5.74) is 8.23. The molecular weight excluding hydrogens is 302 g/mol. The molecule has 3 nitrogen and oxygen atoms in total. The Bertz CT molecular complexity index is 412. The minimum Gasteiger partial charge on any atom is -0.371 e. The number of halogens is 1. The van der Waals surface area contributed by atoms with E-state index in [4.69, 9.17) is 5.73 Å². The summed E-state index contributed by atoms with van der Waals surface area (Å²) >= 11 is 3.70. The van der Waals surface area contributed by atoms with E-state index in [1.165, 1.54) is 28.6 Å². The fraction of sp³-hybridized carbons (Fsp3) is 0.600. The van der Waals surface area contributed by atoms with E-state index in [9.17, 15) is 0 Å². The number of hydrogen-bond donors (Lipinski definition) is 1. The number of nitrogens with two attached hydrogens (primary N) is 1. The van der Waals surface area contributed by atoms with Gasteiger partial charge >= 0.3 is 0 Å². The lowest BCUT2D eigenvalue weighted by atomic mass is 10.0. The van der Waals surface area contributed by atoms with Crippen molar-refractivity contribution in [2.45, 2.75) is 25.3 Å². The van der Waals surface area contributed by atoms with Gasteiger partial charge in [0.2, 0.25) is 0 Å². The van der Waals surface area contributed by atoms with Gasteiger partial charge in [0.1, 0.15) is 0 Å². The normalized spacial score (nSPS) is 17.2. The lowest BCUT2D eigenvalue weighted by Gasteiger charge is -2.37. The van der Waals surface area contributed by atoms with Crippen LogP contribution in [0.1, 0.15) is 18.4 Å². The Kier molecular flexibility index (Phi) is 5.25. The minimum atomic E-state index is 0.708.